The zero-order valence-corrected chi connectivity index (χ0v) is 10.3. The minimum atomic E-state index is 0.416. The van der Waals surface area contributed by atoms with E-state index in [-0.39, 0.29) is 0 Å². The van der Waals surface area contributed by atoms with Gasteiger partial charge in [-0.1, -0.05) is 13.8 Å². The van der Waals surface area contributed by atoms with Crippen molar-refractivity contribution in [1.82, 2.24) is 4.98 Å². The van der Waals surface area contributed by atoms with Crippen molar-refractivity contribution in [2.45, 2.75) is 19.8 Å². The Hall–Kier alpha value is -2.08. The van der Waals surface area contributed by atoms with Crippen LogP contribution in [0.4, 0.5) is 5.69 Å². The number of hydrogen-bond donors (Lipinski definition) is 1. The summed E-state index contributed by atoms with van der Waals surface area (Å²) in [4.78, 5) is 4.32. The van der Waals surface area contributed by atoms with Crippen LogP contribution in [0.15, 0.2) is 24.4 Å². The molecule has 0 aliphatic rings. The molecule has 0 aliphatic carbocycles. The fourth-order valence-electron chi connectivity index (χ4n) is 2.01. The van der Waals surface area contributed by atoms with Crippen molar-refractivity contribution >= 4 is 16.6 Å². The largest absolute Gasteiger partial charge is 0.388 e. The maximum atomic E-state index is 9.17. The van der Waals surface area contributed by atoms with Gasteiger partial charge in [-0.2, -0.15) is 5.26 Å². The van der Waals surface area contributed by atoms with Crippen LogP contribution in [0.25, 0.3) is 10.9 Å². The molecule has 0 atom stereocenters. The molecule has 1 heterocycles. The Kier molecular flexibility index (Phi) is 2.97. The predicted octanol–water partition coefficient (Wildman–Crippen LogP) is 3.27. The highest BCUT2D eigenvalue weighted by atomic mass is 14.8. The van der Waals surface area contributed by atoms with Crippen molar-refractivity contribution in [2.75, 3.05) is 12.4 Å². The SMILES string of the molecule is CNc1cc(C#N)c2nccc(C(C)C)c2c1. The zero-order valence-electron chi connectivity index (χ0n) is 10.3. The number of nitrogens with zero attached hydrogens (tertiary/aromatic N) is 2. The highest BCUT2D eigenvalue weighted by molar-refractivity contribution is 5.90. The summed E-state index contributed by atoms with van der Waals surface area (Å²) in [5, 5.41) is 13.3. The van der Waals surface area contributed by atoms with Crippen LogP contribution in [0.3, 0.4) is 0 Å². The zero-order chi connectivity index (χ0) is 12.4. The van der Waals surface area contributed by atoms with E-state index in [0.717, 1.165) is 16.6 Å². The lowest BCUT2D eigenvalue weighted by atomic mass is 9.97. The van der Waals surface area contributed by atoms with Crippen molar-refractivity contribution < 1.29 is 0 Å². The lowest BCUT2D eigenvalue weighted by Crippen LogP contribution is -1.96. The van der Waals surface area contributed by atoms with Crippen molar-refractivity contribution in [3.05, 3.63) is 35.5 Å². The molecule has 0 saturated heterocycles. The Morgan fingerprint density at radius 2 is 2.12 bits per heavy atom. The third-order valence-electron chi connectivity index (χ3n) is 2.91. The molecule has 3 heteroatoms. The summed E-state index contributed by atoms with van der Waals surface area (Å²) in [6, 6.07) is 8.12. The molecule has 1 aromatic heterocycles. The molecule has 0 fully saturated rings. The second-order valence-corrected chi connectivity index (χ2v) is 4.34. The Bertz CT molecular complexity index is 594. The first kappa shape index (κ1) is 11.4. The van der Waals surface area contributed by atoms with Gasteiger partial charge in [0.1, 0.15) is 6.07 Å². The van der Waals surface area contributed by atoms with Gasteiger partial charge >= 0.3 is 0 Å². The minimum Gasteiger partial charge on any atom is -0.388 e. The number of hydrogen-bond acceptors (Lipinski definition) is 3. The average molecular weight is 225 g/mol. The number of nitriles is 1. The molecular formula is C14H15N3. The van der Waals surface area contributed by atoms with Crippen LogP contribution >= 0.6 is 0 Å². The quantitative estimate of drug-likeness (QED) is 0.853. The first-order chi connectivity index (χ1) is 8.17. The van der Waals surface area contributed by atoms with E-state index in [1.54, 1.807) is 6.20 Å². The number of nitrogens with one attached hydrogen (secondary N) is 1. The van der Waals surface area contributed by atoms with Crippen LogP contribution in [-0.4, -0.2) is 12.0 Å². The maximum Gasteiger partial charge on any atom is 0.101 e. The van der Waals surface area contributed by atoms with Crippen molar-refractivity contribution in [1.29, 1.82) is 5.26 Å². The van der Waals surface area contributed by atoms with Crippen molar-refractivity contribution in [3.8, 4) is 6.07 Å². The predicted molar refractivity (Wildman–Crippen MR) is 70.1 cm³/mol. The molecule has 0 spiro atoms. The number of rotatable bonds is 2. The summed E-state index contributed by atoms with van der Waals surface area (Å²) in [6.45, 7) is 4.29. The van der Waals surface area contributed by atoms with Gasteiger partial charge in [0.15, 0.2) is 0 Å². The Morgan fingerprint density at radius 3 is 2.71 bits per heavy atom. The Morgan fingerprint density at radius 1 is 1.35 bits per heavy atom. The monoisotopic (exact) mass is 225 g/mol. The molecule has 2 rings (SSSR count). The van der Waals surface area contributed by atoms with E-state index >= 15 is 0 Å². The van der Waals surface area contributed by atoms with Gasteiger partial charge in [-0.05, 0) is 29.7 Å². The van der Waals surface area contributed by atoms with E-state index in [9.17, 15) is 0 Å². The molecule has 0 unspecified atom stereocenters. The van der Waals surface area contributed by atoms with Gasteiger partial charge in [0, 0.05) is 24.3 Å². The van der Waals surface area contributed by atoms with Gasteiger partial charge < -0.3 is 5.32 Å². The van der Waals surface area contributed by atoms with Crippen molar-refractivity contribution in [2.24, 2.45) is 0 Å². The molecular weight excluding hydrogens is 210 g/mol. The minimum absolute atomic E-state index is 0.416. The molecule has 2 aromatic rings. The van der Waals surface area contributed by atoms with Gasteiger partial charge in [-0.25, -0.2) is 0 Å². The fourth-order valence-corrected chi connectivity index (χ4v) is 2.01. The van der Waals surface area contributed by atoms with Gasteiger partial charge in [-0.15, -0.1) is 0 Å². The van der Waals surface area contributed by atoms with Crippen LogP contribution in [0.5, 0.6) is 0 Å². The molecule has 1 aromatic carbocycles. The van der Waals surface area contributed by atoms with E-state index in [1.807, 2.05) is 19.2 Å². The number of pyridine rings is 1. The van der Waals surface area contributed by atoms with E-state index in [4.69, 9.17) is 5.26 Å². The summed E-state index contributed by atoms with van der Waals surface area (Å²) in [5.41, 5.74) is 3.58. The molecule has 0 saturated carbocycles. The molecule has 0 bridgehead atoms. The lowest BCUT2D eigenvalue weighted by molar-refractivity contribution is 0.874. The number of anilines is 1. The molecule has 86 valence electrons. The Balaban J connectivity index is 2.85. The summed E-state index contributed by atoms with van der Waals surface area (Å²) in [5.74, 6) is 0.416. The number of fused-ring (bicyclic) bond motifs is 1. The average Bonchev–Trinajstić information content (AvgIpc) is 2.36. The lowest BCUT2D eigenvalue weighted by Gasteiger charge is -2.11. The van der Waals surface area contributed by atoms with Crippen LogP contribution in [-0.2, 0) is 0 Å². The van der Waals surface area contributed by atoms with Crippen LogP contribution in [0.1, 0.15) is 30.9 Å². The smallest absolute Gasteiger partial charge is 0.101 e. The summed E-state index contributed by atoms with van der Waals surface area (Å²) >= 11 is 0. The topological polar surface area (TPSA) is 48.7 Å². The summed E-state index contributed by atoms with van der Waals surface area (Å²) in [6.07, 6.45) is 1.78. The second kappa shape index (κ2) is 4.42. The van der Waals surface area contributed by atoms with E-state index in [0.29, 0.717) is 11.5 Å². The molecule has 3 nitrogen and oxygen atoms in total. The third kappa shape index (κ3) is 1.94. The number of benzene rings is 1. The van der Waals surface area contributed by atoms with Gasteiger partial charge in [0.25, 0.3) is 0 Å². The first-order valence-corrected chi connectivity index (χ1v) is 5.68. The fraction of sp³-hybridized carbons (Fsp3) is 0.286. The van der Waals surface area contributed by atoms with E-state index in [1.165, 1.54) is 5.56 Å². The highest BCUT2D eigenvalue weighted by Gasteiger charge is 2.10. The van der Waals surface area contributed by atoms with E-state index in [2.05, 4.69) is 36.3 Å². The number of aromatic nitrogens is 1. The maximum absolute atomic E-state index is 9.17. The van der Waals surface area contributed by atoms with E-state index < -0.39 is 0 Å². The molecule has 17 heavy (non-hydrogen) atoms. The summed E-state index contributed by atoms with van der Waals surface area (Å²) < 4.78 is 0. The second-order valence-electron chi connectivity index (χ2n) is 4.34. The van der Waals surface area contributed by atoms with Gasteiger partial charge in [-0.3, -0.25) is 4.98 Å². The van der Waals surface area contributed by atoms with Gasteiger partial charge in [0.2, 0.25) is 0 Å². The highest BCUT2D eigenvalue weighted by Crippen LogP contribution is 2.28. The third-order valence-corrected chi connectivity index (χ3v) is 2.91. The molecule has 1 N–H and O–H groups in total. The molecule has 0 aliphatic heterocycles. The van der Waals surface area contributed by atoms with Crippen LogP contribution in [0, 0.1) is 11.3 Å². The first-order valence-electron chi connectivity index (χ1n) is 5.68. The molecule has 0 amide bonds. The van der Waals surface area contributed by atoms with Gasteiger partial charge in [0.05, 0.1) is 11.1 Å². The van der Waals surface area contributed by atoms with Crippen LogP contribution in [0.2, 0.25) is 0 Å². The molecule has 0 radical (unpaired) electrons. The Labute approximate surface area is 101 Å². The summed E-state index contributed by atoms with van der Waals surface area (Å²) in [7, 11) is 1.85. The van der Waals surface area contributed by atoms with Crippen molar-refractivity contribution in [3.63, 3.8) is 0 Å². The van der Waals surface area contributed by atoms with Crippen LogP contribution < -0.4 is 5.32 Å². The standard InChI is InChI=1S/C14H15N3/c1-9(2)12-4-5-17-14-10(8-15)6-11(16-3)7-13(12)14/h4-7,9,16H,1-3H3. The normalized spacial score (nSPS) is 10.5.